The van der Waals surface area contributed by atoms with Crippen LogP contribution in [0.1, 0.15) is 64.9 Å². The van der Waals surface area contributed by atoms with Crippen molar-refractivity contribution in [1.29, 1.82) is 0 Å². The van der Waals surface area contributed by atoms with E-state index in [1.807, 2.05) is 20.8 Å². The van der Waals surface area contributed by atoms with Gasteiger partial charge in [0.2, 0.25) is 0 Å². The lowest BCUT2D eigenvalue weighted by Crippen LogP contribution is -2.46. The normalized spacial score (nSPS) is 11.8. The number of unbranched alkanes of at least 4 members (excludes halogenated alkanes) is 3. The minimum absolute atomic E-state index is 0.312. The van der Waals surface area contributed by atoms with Gasteiger partial charge in [-0.2, -0.15) is 0 Å². The predicted octanol–water partition coefficient (Wildman–Crippen LogP) is 5.29. The molecule has 0 aliphatic heterocycles. The van der Waals surface area contributed by atoms with Crippen molar-refractivity contribution < 1.29 is 42.2 Å². The Hall–Kier alpha value is -2.60. The zero-order valence-electron chi connectivity index (χ0n) is 23.5. The van der Waals surface area contributed by atoms with Gasteiger partial charge in [-0.05, 0) is 70.2 Å². The fraction of sp³-hybridized carbons (Fsp3) is 0.630. The quantitative estimate of drug-likeness (QED) is 0.118. The van der Waals surface area contributed by atoms with E-state index in [1.165, 1.54) is 0 Å². The molecule has 0 aliphatic carbocycles. The molecule has 1 aromatic rings. The maximum atomic E-state index is 12.0. The van der Waals surface area contributed by atoms with Gasteiger partial charge in [0, 0.05) is 44.0 Å². The summed E-state index contributed by atoms with van der Waals surface area (Å²) in [6, 6.07) is 5.90. The van der Waals surface area contributed by atoms with Crippen LogP contribution >= 0.6 is 0 Å². The highest BCUT2D eigenvalue weighted by atomic mass is 28.4. The molecule has 0 bridgehead atoms. The van der Waals surface area contributed by atoms with Crippen LogP contribution in [0.2, 0.25) is 6.04 Å². The van der Waals surface area contributed by atoms with Crippen molar-refractivity contribution in [3.05, 3.63) is 29.3 Å². The number of amides is 1. The summed E-state index contributed by atoms with van der Waals surface area (Å²) in [6.07, 6.45) is 5.39. The third-order valence-electron chi connectivity index (χ3n) is 5.58. The first-order chi connectivity index (χ1) is 18.3. The van der Waals surface area contributed by atoms with E-state index < -0.39 is 20.9 Å². The second-order valence-electron chi connectivity index (χ2n) is 8.43. The molecule has 38 heavy (non-hydrogen) atoms. The lowest BCUT2D eigenvalue weighted by atomic mass is 10.0. The molecule has 1 rings (SSSR count). The topological polar surface area (TPSA) is 122 Å². The van der Waals surface area contributed by atoms with E-state index in [-0.39, 0.29) is 0 Å². The number of carbonyl (C=O) groups excluding carboxylic acids is 1. The standard InChI is InChI=1S/C27H45NO9Si/c1-6-35-38(36-7-2,37-8-3)17-13-15-28-27(31)34-16-12-10-9-11-14-23(26(29)30)18-22-19-24(32-4)21-25(20-22)33-5/h18-21H,6-17H2,1-5H3,(H,28,31)(H,29,30)/b23-18+. The number of carboxylic acid groups (broad SMARTS) is 1. The maximum absolute atomic E-state index is 12.0. The van der Waals surface area contributed by atoms with Gasteiger partial charge in [0.05, 0.1) is 20.8 Å². The summed E-state index contributed by atoms with van der Waals surface area (Å²) in [7, 11) is 0.399. The van der Waals surface area contributed by atoms with Gasteiger partial charge in [-0.25, -0.2) is 9.59 Å². The van der Waals surface area contributed by atoms with Crippen molar-refractivity contribution in [3.8, 4) is 11.5 Å². The Bertz CT molecular complexity index is 824. The minimum atomic E-state index is -2.70. The summed E-state index contributed by atoms with van der Waals surface area (Å²) in [5, 5.41) is 12.3. The van der Waals surface area contributed by atoms with Gasteiger partial charge >= 0.3 is 20.9 Å². The predicted molar refractivity (Wildman–Crippen MR) is 148 cm³/mol. The van der Waals surface area contributed by atoms with E-state index in [0.717, 1.165) is 19.3 Å². The van der Waals surface area contributed by atoms with Gasteiger partial charge in [-0.15, -0.1) is 0 Å². The van der Waals surface area contributed by atoms with Crippen LogP contribution in [0, 0.1) is 0 Å². The number of benzene rings is 1. The second-order valence-corrected chi connectivity index (χ2v) is 11.2. The van der Waals surface area contributed by atoms with Crippen LogP contribution in [-0.4, -0.2) is 73.2 Å². The molecule has 0 unspecified atom stereocenters. The number of carboxylic acids is 1. The molecule has 0 spiro atoms. The summed E-state index contributed by atoms with van der Waals surface area (Å²) < 4.78 is 33.2. The molecule has 1 aromatic carbocycles. The zero-order chi connectivity index (χ0) is 28.2. The summed E-state index contributed by atoms with van der Waals surface area (Å²) in [6.45, 7) is 8.07. The number of rotatable bonds is 21. The first-order valence-corrected chi connectivity index (χ1v) is 15.3. The number of nitrogens with one attached hydrogen (secondary N) is 1. The Morgan fingerprint density at radius 2 is 1.45 bits per heavy atom. The first kappa shape index (κ1) is 33.4. The summed E-state index contributed by atoms with van der Waals surface area (Å²) in [5.41, 5.74) is 1.03. The largest absolute Gasteiger partial charge is 0.500 e. The van der Waals surface area contributed by atoms with Crippen LogP contribution in [0.5, 0.6) is 11.5 Å². The van der Waals surface area contributed by atoms with Gasteiger partial charge in [0.15, 0.2) is 0 Å². The number of carbonyl (C=O) groups is 2. The first-order valence-electron chi connectivity index (χ1n) is 13.3. The van der Waals surface area contributed by atoms with E-state index in [4.69, 9.17) is 27.5 Å². The van der Waals surface area contributed by atoms with Crippen molar-refractivity contribution >= 4 is 26.9 Å². The molecular weight excluding hydrogens is 510 g/mol. The zero-order valence-corrected chi connectivity index (χ0v) is 24.5. The maximum Gasteiger partial charge on any atom is 0.500 e. The molecule has 0 radical (unpaired) electrons. The van der Waals surface area contributed by atoms with Crippen LogP contribution in [0.3, 0.4) is 0 Å². The molecule has 2 N–H and O–H groups in total. The van der Waals surface area contributed by atoms with E-state index in [2.05, 4.69) is 5.32 Å². The third kappa shape index (κ3) is 13.3. The molecule has 0 saturated heterocycles. The van der Waals surface area contributed by atoms with Crippen LogP contribution in [0.15, 0.2) is 23.8 Å². The number of aliphatic carboxylic acids is 1. The monoisotopic (exact) mass is 555 g/mol. The van der Waals surface area contributed by atoms with Crippen LogP contribution in [0.4, 0.5) is 4.79 Å². The van der Waals surface area contributed by atoms with E-state index in [1.54, 1.807) is 38.5 Å². The van der Waals surface area contributed by atoms with E-state index >= 15 is 0 Å². The summed E-state index contributed by atoms with van der Waals surface area (Å²) >= 11 is 0. The number of alkyl carbamates (subject to hydrolysis) is 1. The fourth-order valence-corrected chi connectivity index (χ4v) is 6.45. The summed E-state index contributed by atoms with van der Waals surface area (Å²) in [4.78, 5) is 23.7. The van der Waals surface area contributed by atoms with Gasteiger partial charge in [-0.3, -0.25) is 0 Å². The van der Waals surface area contributed by atoms with Crippen molar-refractivity contribution in [2.45, 2.75) is 65.3 Å². The van der Waals surface area contributed by atoms with E-state index in [0.29, 0.717) is 80.9 Å². The Morgan fingerprint density at radius 3 is 1.97 bits per heavy atom. The van der Waals surface area contributed by atoms with Crippen LogP contribution in [0.25, 0.3) is 6.08 Å². The molecule has 0 saturated carbocycles. The molecule has 0 aliphatic rings. The molecular formula is C27H45NO9Si. The SMILES string of the molecule is CCO[Si](CCCNC(=O)OCCCCCC/C(=C\c1cc(OC)cc(OC)c1)C(=O)O)(OCC)OCC. The van der Waals surface area contributed by atoms with Crippen molar-refractivity contribution in [1.82, 2.24) is 5.32 Å². The lowest BCUT2D eigenvalue weighted by molar-refractivity contribution is -0.132. The molecule has 0 heterocycles. The van der Waals surface area contributed by atoms with Gasteiger partial charge in [0.1, 0.15) is 11.5 Å². The molecule has 0 aromatic heterocycles. The molecule has 1 amide bonds. The number of hydrogen-bond donors (Lipinski definition) is 2. The summed E-state index contributed by atoms with van der Waals surface area (Å²) in [5.74, 6) is 0.247. The third-order valence-corrected chi connectivity index (χ3v) is 8.74. The Morgan fingerprint density at radius 1 is 0.868 bits per heavy atom. The smallest absolute Gasteiger partial charge is 0.497 e. The lowest BCUT2D eigenvalue weighted by Gasteiger charge is -2.28. The average Bonchev–Trinajstić information content (AvgIpc) is 2.90. The molecule has 0 atom stereocenters. The van der Waals surface area contributed by atoms with E-state index in [9.17, 15) is 14.7 Å². The molecule has 216 valence electrons. The fourth-order valence-electron chi connectivity index (χ4n) is 3.84. The van der Waals surface area contributed by atoms with Gasteiger partial charge < -0.3 is 37.9 Å². The molecule has 10 nitrogen and oxygen atoms in total. The number of ether oxygens (including phenoxy) is 3. The minimum Gasteiger partial charge on any atom is -0.497 e. The van der Waals surface area contributed by atoms with Crippen molar-refractivity contribution in [3.63, 3.8) is 0 Å². The highest BCUT2D eigenvalue weighted by Gasteiger charge is 2.39. The van der Waals surface area contributed by atoms with Gasteiger partial charge in [0.25, 0.3) is 0 Å². The molecule has 11 heteroatoms. The molecule has 0 fully saturated rings. The Balaban J connectivity index is 2.31. The van der Waals surface area contributed by atoms with Gasteiger partial charge in [-0.1, -0.05) is 12.8 Å². The number of hydrogen-bond acceptors (Lipinski definition) is 8. The second kappa shape index (κ2) is 19.5. The van der Waals surface area contributed by atoms with Crippen LogP contribution < -0.4 is 14.8 Å². The Labute approximate surface area is 228 Å². The highest BCUT2D eigenvalue weighted by molar-refractivity contribution is 6.60. The van der Waals surface area contributed by atoms with Crippen molar-refractivity contribution in [2.75, 3.05) is 47.2 Å². The van der Waals surface area contributed by atoms with Crippen LogP contribution in [-0.2, 0) is 22.8 Å². The highest BCUT2D eigenvalue weighted by Crippen LogP contribution is 2.25. The Kier molecular flexibility index (Phi) is 17.1. The average molecular weight is 556 g/mol. The van der Waals surface area contributed by atoms with Crippen molar-refractivity contribution in [2.24, 2.45) is 0 Å². The number of methoxy groups -OCH3 is 2.